The van der Waals surface area contributed by atoms with Gasteiger partial charge in [-0.25, -0.2) is 18.1 Å². The number of nitrogens with one attached hydrogen (secondary N) is 1. The van der Waals surface area contributed by atoms with E-state index in [-0.39, 0.29) is 13.2 Å². The molecule has 2 aromatic rings. The number of sulfonamides is 1. The van der Waals surface area contributed by atoms with Gasteiger partial charge in [-0.1, -0.05) is 6.07 Å². The summed E-state index contributed by atoms with van der Waals surface area (Å²) in [5.41, 5.74) is 1.90. The molecule has 1 aliphatic heterocycles. The predicted molar refractivity (Wildman–Crippen MR) is 89.0 cm³/mol. The molecule has 3 heterocycles. The second kappa shape index (κ2) is 7.25. The lowest BCUT2D eigenvalue weighted by Gasteiger charge is -2.12. The number of pyridine rings is 2. The van der Waals surface area contributed by atoms with Crippen LogP contribution in [-0.2, 0) is 21.3 Å². The molecule has 1 saturated heterocycles. The van der Waals surface area contributed by atoms with Gasteiger partial charge in [0.05, 0.1) is 37.3 Å². The van der Waals surface area contributed by atoms with E-state index >= 15 is 0 Å². The molecule has 128 valence electrons. The molecule has 1 aliphatic rings. The zero-order chi connectivity index (χ0) is 17.0. The van der Waals surface area contributed by atoms with Crippen LogP contribution < -0.4 is 9.46 Å². The quantitative estimate of drug-likeness (QED) is 0.847. The topological polar surface area (TPSA) is 90.4 Å². The second-order valence-electron chi connectivity index (χ2n) is 5.45. The van der Waals surface area contributed by atoms with Gasteiger partial charge in [0.2, 0.25) is 10.0 Å². The average Bonchev–Trinajstić information content (AvgIpc) is 3.16. The van der Waals surface area contributed by atoms with E-state index < -0.39 is 15.3 Å². The normalized spacial score (nSPS) is 17.8. The molecule has 8 heteroatoms. The molecule has 1 N–H and O–H groups in total. The van der Waals surface area contributed by atoms with Gasteiger partial charge >= 0.3 is 0 Å². The summed E-state index contributed by atoms with van der Waals surface area (Å²) in [7, 11) is -1.87. The maximum absolute atomic E-state index is 12.3. The average molecular weight is 349 g/mol. The molecule has 1 fully saturated rings. The Bertz CT molecular complexity index is 790. The van der Waals surface area contributed by atoms with Crippen LogP contribution in [0.5, 0.6) is 5.75 Å². The fourth-order valence-corrected chi connectivity index (χ4v) is 3.73. The summed E-state index contributed by atoms with van der Waals surface area (Å²) in [6.07, 6.45) is 2.19. The Hall–Kier alpha value is -2.03. The Morgan fingerprint density at radius 1 is 1.33 bits per heavy atom. The number of methoxy groups -OCH3 is 1. The van der Waals surface area contributed by atoms with E-state index in [9.17, 15) is 8.42 Å². The van der Waals surface area contributed by atoms with Crippen LogP contribution in [0.2, 0.25) is 0 Å². The maximum atomic E-state index is 12.3. The van der Waals surface area contributed by atoms with Gasteiger partial charge in [-0.2, -0.15) is 0 Å². The van der Waals surface area contributed by atoms with Crippen molar-refractivity contribution in [2.75, 3.05) is 20.3 Å². The van der Waals surface area contributed by atoms with E-state index in [1.165, 1.54) is 0 Å². The Morgan fingerprint density at radius 3 is 2.88 bits per heavy atom. The summed E-state index contributed by atoms with van der Waals surface area (Å²) in [6.45, 7) is 0.808. The van der Waals surface area contributed by atoms with E-state index in [1.54, 1.807) is 25.4 Å². The summed E-state index contributed by atoms with van der Waals surface area (Å²) in [5, 5.41) is -0.502. The number of aromatic nitrogens is 2. The van der Waals surface area contributed by atoms with Gasteiger partial charge in [0, 0.05) is 24.9 Å². The smallest absolute Gasteiger partial charge is 0.217 e. The van der Waals surface area contributed by atoms with Gasteiger partial charge in [0.15, 0.2) is 0 Å². The standard InChI is InChI=1S/C16H19N3O4S/c1-22-13-8-12(10-18-24(20,21)14-5-7-23-11-14)19-16(9-13)15-4-2-3-6-17-15/h2-4,6,8-9,14,18H,5,7,10-11H2,1H3. The highest BCUT2D eigenvalue weighted by Gasteiger charge is 2.29. The third-order valence-electron chi connectivity index (χ3n) is 3.80. The molecule has 1 atom stereocenters. The van der Waals surface area contributed by atoms with Crippen LogP contribution in [0.25, 0.3) is 11.4 Å². The summed E-state index contributed by atoms with van der Waals surface area (Å²) in [5.74, 6) is 0.601. The van der Waals surface area contributed by atoms with Crippen LogP contribution in [0.4, 0.5) is 0 Å². The minimum absolute atomic E-state index is 0.0931. The molecule has 0 aliphatic carbocycles. The van der Waals surface area contributed by atoms with Crippen molar-refractivity contribution in [3.05, 3.63) is 42.2 Å². The molecule has 0 amide bonds. The van der Waals surface area contributed by atoms with Crippen LogP contribution in [0.1, 0.15) is 12.1 Å². The van der Waals surface area contributed by atoms with Crippen LogP contribution in [0.3, 0.4) is 0 Å². The molecular formula is C16H19N3O4S. The third-order valence-corrected chi connectivity index (χ3v) is 5.59. The zero-order valence-electron chi connectivity index (χ0n) is 13.3. The minimum Gasteiger partial charge on any atom is -0.497 e. The highest BCUT2D eigenvalue weighted by atomic mass is 32.2. The highest BCUT2D eigenvalue weighted by Crippen LogP contribution is 2.22. The molecule has 0 bridgehead atoms. The van der Waals surface area contributed by atoms with Gasteiger partial charge in [-0.05, 0) is 18.6 Å². The SMILES string of the molecule is COc1cc(CNS(=O)(=O)C2CCOC2)nc(-c2ccccn2)c1. The maximum Gasteiger partial charge on any atom is 0.217 e. The summed E-state index contributed by atoms with van der Waals surface area (Å²) < 4.78 is 37.5. The van der Waals surface area contributed by atoms with E-state index in [0.717, 1.165) is 0 Å². The molecule has 7 nitrogen and oxygen atoms in total. The highest BCUT2D eigenvalue weighted by molar-refractivity contribution is 7.90. The minimum atomic E-state index is -3.43. The molecule has 0 aromatic carbocycles. The zero-order valence-corrected chi connectivity index (χ0v) is 14.1. The Morgan fingerprint density at radius 2 is 2.21 bits per heavy atom. The lowest BCUT2D eigenvalue weighted by Crippen LogP contribution is -2.34. The first kappa shape index (κ1) is 16.8. The first-order chi connectivity index (χ1) is 11.6. The van der Waals surface area contributed by atoms with Crippen molar-refractivity contribution < 1.29 is 17.9 Å². The monoisotopic (exact) mass is 349 g/mol. The van der Waals surface area contributed by atoms with Gasteiger partial charge < -0.3 is 9.47 Å². The first-order valence-electron chi connectivity index (χ1n) is 7.61. The predicted octanol–water partition coefficient (Wildman–Crippen LogP) is 1.36. The summed E-state index contributed by atoms with van der Waals surface area (Å²) in [6, 6.07) is 9.01. The molecule has 24 heavy (non-hydrogen) atoms. The fraction of sp³-hybridized carbons (Fsp3) is 0.375. The fourth-order valence-electron chi connectivity index (χ4n) is 2.46. The van der Waals surface area contributed by atoms with Crippen molar-refractivity contribution in [3.63, 3.8) is 0 Å². The van der Waals surface area contributed by atoms with Crippen molar-refractivity contribution in [1.82, 2.24) is 14.7 Å². The van der Waals surface area contributed by atoms with Gasteiger partial charge in [0.25, 0.3) is 0 Å². The van der Waals surface area contributed by atoms with E-state index in [0.29, 0.717) is 35.9 Å². The van der Waals surface area contributed by atoms with Crippen molar-refractivity contribution in [2.45, 2.75) is 18.2 Å². The number of ether oxygens (including phenoxy) is 2. The molecule has 3 rings (SSSR count). The van der Waals surface area contributed by atoms with Gasteiger partial charge in [0.1, 0.15) is 11.0 Å². The van der Waals surface area contributed by atoms with Gasteiger partial charge in [-0.3, -0.25) is 4.98 Å². The van der Waals surface area contributed by atoms with E-state index in [4.69, 9.17) is 9.47 Å². The second-order valence-corrected chi connectivity index (χ2v) is 7.50. The first-order valence-corrected chi connectivity index (χ1v) is 9.16. The lowest BCUT2D eigenvalue weighted by molar-refractivity contribution is 0.198. The number of nitrogens with zero attached hydrogens (tertiary/aromatic N) is 2. The largest absolute Gasteiger partial charge is 0.497 e. The molecule has 0 radical (unpaired) electrons. The summed E-state index contributed by atoms with van der Waals surface area (Å²) in [4.78, 5) is 8.74. The van der Waals surface area contributed by atoms with Crippen LogP contribution in [0.15, 0.2) is 36.5 Å². The van der Waals surface area contributed by atoms with Crippen LogP contribution in [-0.4, -0.2) is 44.0 Å². The molecule has 0 saturated carbocycles. The number of hydrogen-bond acceptors (Lipinski definition) is 6. The van der Waals surface area contributed by atoms with E-state index in [2.05, 4.69) is 14.7 Å². The lowest BCUT2D eigenvalue weighted by atomic mass is 10.2. The Balaban J connectivity index is 1.80. The Labute approximate surface area is 141 Å². The van der Waals surface area contributed by atoms with Gasteiger partial charge in [-0.15, -0.1) is 0 Å². The summed E-state index contributed by atoms with van der Waals surface area (Å²) >= 11 is 0. The van der Waals surface area contributed by atoms with Crippen molar-refractivity contribution in [1.29, 1.82) is 0 Å². The van der Waals surface area contributed by atoms with Crippen molar-refractivity contribution >= 4 is 10.0 Å². The molecule has 2 aromatic heterocycles. The van der Waals surface area contributed by atoms with Crippen LogP contribution in [0, 0.1) is 0 Å². The van der Waals surface area contributed by atoms with Crippen LogP contribution >= 0.6 is 0 Å². The van der Waals surface area contributed by atoms with Crippen molar-refractivity contribution in [3.8, 4) is 17.1 Å². The van der Waals surface area contributed by atoms with Crippen molar-refractivity contribution in [2.24, 2.45) is 0 Å². The Kier molecular flexibility index (Phi) is 5.08. The molecular weight excluding hydrogens is 330 g/mol. The third kappa shape index (κ3) is 3.89. The molecule has 0 spiro atoms. The number of hydrogen-bond donors (Lipinski definition) is 1. The molecule has 1 unspecified atom stereocenters. The van der Waals surface area contributed by atoms with E-state index in [1.807, 2.05) is 18.2 Å². The number of rotatable bonds is 6.